The summed E-state index contributed by atoms with van der Waals surface area (Å²) in [6, 6.07) is 12.7. The first-order valence-corrected chi connectivity index (χ1v) is 7.74. The summed E-state index contributed by atoms with van der Waals surface area (Å²) in [6.45, 7) is 0. The molecule has 2 aromatic carbocycles. The van der Waals surface area contributed by atoms with Crippen LogP contribution < -0.4 is 18.4 Å². The van der Waals surface area contributed by atoms with Gasteiger partial charge in [-0.3, -0.25) is 0 Å². The van der Waals surface area contributed by atoms with E-state index in [0.29, 0.717) is 0 Å². The van der Waals surface area contributed by atoms with Gasteiger partial charge in [0, 0.05) is 0 Å². The summed E-state index contributed by atoms with van der Waals surface area (Å²) in [7, 11) is 3.35. The fourth-order valence-corrected chi connectivity index (χ4v) is 4.30. The average molecular weight is 317 g/mol. The molecule has 1 aliphatic heterocycles. The number of ether oxygens (including phenoxy) is 2. The van der Waals surface area contributed by atoms with Gasteiger partial charge in [-0.05, 0) is 0 Å². The summed E-state index contributed by atoms with van der Waals surface area (Å²) in [5, 5.41) is 0. The van der Waals surface area contributed by atoms with Crippen LogP contribution in [0.15, 0.2) is 36.4 Å². The molecule has 0 amide bonds. The minimum atomic E-state index is 0.287. The number of rotatable bonds is 2. The van der Waals surface area contributed by atoms with Crippen molar-refractivity contribution in [2.45, 2.75) is 0 Å². The molecule has 0 saturated heterocycles. The molecule has 0 unspecified atom stereocenters. The van der Waals surface area contributed by atoms with E-state index in [9.17, 15) is 0 Å². The van der Waals surface area contributed by atoms with E-state index in [0.717, 1.165) is 11.5 Å². The van der Waals surface area contributed by atoms with Crippen LogP contribution in [0.2, 0.25) is 0 Å². The number of benzene rings is 2. The quantitative estimate of drug-likeness (QED) is 0.672. The predicted molar refractivity (Wildman–Crippen MR) is 79.9 cm³/mol. The van der Waals surface area contributed by atoms with Gasteiger partial charge in [0.1, 0.15) is 0 Å². The Morgan fingerprint density at radius 3 is 2.26 bits per heavy atom. The monoisotopic (exact) mass is 318 g/mol. The van der Waals surface area contributed by atoms with Gasteiger partial charge in [-0.2, -0.15) is 0 Å². The van der Waals surface area contributed by atoms with Gasteiger partial charge < -0.3 is 0 Å². The molecule has 0 bridgehead atoms. The Kier molecular flexibility index (Phi) is 3.32. The van der Waals surface area contributed by atoms with E-state index in [1.165, 1.54) is 20.1 Å². The van der Waals surface area contributed by atoms with Crippen molar-refractivity contribution in [3.63, 3.8) is 0 Å². The SMILES string of the molecule is COc1cc2c(cc1OC)[Se]c1ccccc1C=C2. The first-order chi connectivity index (χ1) is 9.31. The van der Waals surface area contributed by atoms with E-state index in [2.05, 4.69) is 48.6 Å². The van der Waals surface area contributed by atoms with Crippen molar-refractivity contribution in [1.82, 2.24) is 0 Å². The molecule has 0 saturated carbocycles. The Morgan fingerprint density at radius 1 is 0.789 bits per heavy atom. The van der Waals surface area contributed by atoms with Crippen LogP contribution in [0.25, 0.3) is 12.2 Å². The summed E-state index contributed by atoms with van der Waals surface area (Å²) < 4.78 is 13.5. The Hall–Kier alpha value is -1.70. The van der Waals surface area contributed by atoms with Gasteiger partial charge >= 0.3 is 119 Å². The zero-order valence-corrected chi connectivity index (χ0v) is 12.6. The van der Waals surface area contributed by atoms with Crippen molar-refractivity contribution in [1.29, 1.82) is 0 Å². The maximum absolute atomic E-state index is 5.39. The van der Waals surface area contributed by atoms with Gasteiger partial charge in [-0.1, -0.05) is 0 Å². The van der Waals surface area contributed by atoms with E-state index < -0.39 is 0 Å². The van der Waals surface area contributed by atoms with Gasteiger partial charge in [0.15, 0.2) is 0 Å². The summed E-state index contributed by atoms with van der Waals surface area (Å²) in [4.78, 5) is 0. The van der Waals surface area contributed by atoms with Crippen molar-refractivity contribution >= 4 is 36.0 Å². The van der Waals surface area contributed by atoms with Crippen LogP contribution in [0, 0.1) is 0 Å². The number of fused-ring (bicyclic) bond motifs is 2. The molecule has 0 fully saturated rings. The van der Waals surface area contributed by atoms with Crippen LogP contribution in [0.4, 0.5) is 0 Å². The minimum absolute atomic E-state index is 0.287. The summed E-state index contributed by atoms with van der Waals surface area (Å²) >= 11 is 0.287. The molecule has 0 atom stereocenters. The zero-order valence-electron chi connectivity index (χ0n) is 10.8. The van der Waals surface area contributed by atoms with Crippen molar-refractivity contribution in [3.05, 3.63) is 47.5 Å². The van der Waals surface area contributed by atoms with Crippen molar-refractivity contribution in [2.24, 2.45) is 0 Å². The molecule has 3 heteroatoms. The van der Waals surface area contributed by atoms with E-state index >= 15 is 0 Å². The van der Waals surface area contributed by atoms with E-state index in [-0.39, 0.29) is 15.0 Å². The number of hydrogen-bond acceptors (Lipinski definition) is 2. The molecule has 1 heterocycles. The third-order valence-corrected chi connectivity index (χ3v) is 5.54. The van der Waals surface area contributed by atoms with Gasteiger partial charge in [-0.15, -0.1) is 0 Å². The second-order valence-electron chi connectivity index (χ2n) is 4.22. The normalized spacial score (nSPS) is 12.3. The summed E-state index contributed by atoms with van der Waals surface area (Å²) in [5.41, 5.74) is 2.52. The van der Waals surface area contributed by atoms with Crippen LogP contribution in [-0.2, 0) is 0 Å². The standard InChI is InChI=1S/C16H14O2Se/c1-17-13-9-12-8-7-11-5-3-4-6-15(11)19-16(12)10-14(13)18-2/h3-10H,1-2H3. The van der Waals surface area contributed by atoms with Gasteiger partial charge in [0.05, 0.1) is 0 Å². The van der Waals surface area contributed by atoms with E-state index in [1.54, 1.807) is 14.2 Å². The Morgan fingerprint density at radius 2 is 1.47 bits per heavy atom. The molecule has 0 aromatic heterocycles. The maximum atomic E-state index is 5.39. The fraction of sp³-hybridized carbons (Fsp3) is 0.125. The first kappa shape index (κ1) is 12.3. The van der Waals surface area contributed by atoms with Crippen LogP contribution in [0.5, 0.6) is 11.5 Å². The number of hydrogen-bond donors (Lipinski definition) is 0. The molecular formula is C16H14O2Se. The summed E-state index contributed by atoms with van der Waals surface area (Å²) in [6.07, 6.45) is 4.33. The Balaban J connectivity index is 2.14. The molecule has 1 aliphatic rings. The molecule has 3 rings (SSSR count). The Bertz CT molecular complexity index is 647. The molecule has 2 aromatic rings. The molecule has 19 heavy (non-hydrogen) atoms. The van der Waals surface area contributed by atoms with Crippen LogP contribution in [0.3, 0.4) is 0 Å². The molecule has 96 valence electrons. The molecule has 2 nitrogen and oxygen atoms in total. The van der Waals surface area contributed by atoms with Crippen LogP contribution >= 0.6 is 0 Å². The Labute approximate surface area is 119 Å². The average Bonchev–Trinajstić information content (AvgIpc) is 2.64. The van der Waals surface area contributed by atoms with Gasteiger partial charge in [0.25, 0.3) is 0 Å². The zero-order chi connectivity index (χ0) is 13.2. The van der Waals surface area contributed by atoms with E-state index in [4.69, 9.17) is 9.47 Å². The predicted octanol–water partition coefficient (Wildman–Crippen LogP) is 1.84. The molecule has 0 spiro atoms. The molecule has 0 N–H and O–H groups in total. The molecule has 0 aliphatic carbocycles. The third kappa shape index (κ3) is 2.27. The topological polar surface area (TPSA) is 18.5 Å². The van der Waals surface area contributed by atoms with Crippen molar-refractivity contribution in [3.8, 4) is 11.5 Å². The van der Waals surface area contributed by atoms with Crippen molar-refractivity contribution < 1.29 is 9.47 Å². The fourth-order valence-electron chi connectivity index (χ4n) is 2.10. The second-order valence-corrected chi connectivity index (χ2v) is 6.49. The molecular weight excluding hydrogens is 303 g/mol. The van der Waals surface area contributed by atoms with Crippen LogP contribution in [0.1, 0.15) is 11.1 Å². The second kappa shape index (κ2) is 5.12. The van der Waals surface area contributed by atoms with Crippen LogP contribution in [-0.4, -0.2) is 29.2 Å². The summed E-state index contributed by atoms with van der Waals surface area (Å²) in [5.74, 6) is 1.59. The third-order valence-electron chi connectivity index (χ3n) is 3.10. The van der Waals surface area contributed by atoms with E-state index in [1.807, 2.05) is 0 Å². The molecule has 0 radical (unpaired) electrons. The van der Waals surface area contributed by atoms with Crippen molar-refractivity contribution in [2.75, 3.05) is 14.2 Å². The van der Waals surface area contributed by atoms with Gasteiger partial charge in [0.2, 0.25) is 0 Å². The number of methoxy groups -OCH3 is 2. The first-order valence-electron chi connectivity index (χ1n) is 6.03. The van der Waals surface area contributed by atoms with Gasteiger partial charge in [-0.25, -0.2) is 0 Å².